The van der Waals surface area contributed by atoms with Gasteiger partial charge in [-0.2, -0.15) is 0 Å². The van der Waals surface area contributed by atoms with Crippen LogP contribution < -0.4 is 5.32 Å². The van der Waals surface area contributed by atoms with E-state index in [4.69, 9.17) is 14.1 Å². The number of rotatable bonds is 6. The van der Waals surface area contributed by atoms with Crippen LogP contribution >= 0.6 is 24.0 Å². The topological polar surface area (TPSA) is 69.4 Å². The van der Waals surface area contributed by atoms with Gasteiger partial charge in [-0.15, -0.1) is 24.0 Å². The molecule has 1 atom stereocenters. The molecule has 32 heavy (non-hydrogen) atoms. The molecule has 4 rings (SSSR count). The smallest absolute Gasteiger partial charge is 0.208 e. The minimum Gasteiger partial charge on any atom is -0.444 e. The maximum absolute atomic E-state index is 5.76. The van der Waals surface area contributed by atoms with Gasteiger partial charge in [0.1, 0.15) is 5.76 Å². The third-order valence-electron chi connectivity index (χ3n) is 7.00. The van der Waals surface area contributed by atoms with E-state index in [1.807, 2.05) is 13.8 Å². The van der Waals surface area contributed by atoms with Crippen LogP contribution in [0.1, 0.15) is 43.5 Å². The number of oxazole rings is 1. The maximum atomic E-state index is 5.76. The van der Waals surface area contributed by atoms with Crippen LogP contribution in [0.3, 0.4) is 0 Å². The highest BCUT2D eigenvalue weighted by atomic mass is 127. The number of hydrogen-bond acceptors (Lipinski definition) is 6. The molecule has 0 aromatic carbocycles. The average Bonchev–Trinajstić information content (AvgIpc) is 3.39. The number of morpholine rings is 1. The monoisotopic (exact) mass is 560 g/mol. The second-order valence-electron chi connectivity index (χ2n) is 9.20. The molecule has 0 amide bonds. The maximum Gasteiger partial charge on any atom is 0.208 e. The summed E-state index contributed by atoms with van der Waals surface area (Å²) in [5.74, 6) is 3.56. The van der Waals surface area contributed by atoms with Gasteiger partial charge in [0.25, 0.3) is 0 Å². The summed E-state index contributed by atoms with van der Waals surface area (Å²) in [5, 5.41) is 3.54. The zero-order chi connectivity index (χ0) is 21.6. The lowest BCUT2D eigenvalue weighted by Crippen LogP contribution is -2.46. The molecule has 0 saturated carbocycles. The SMILES string of the molecule is CCNC(=NCC1CCN(Cc2nc(C)c(C)o2)CC1)N1CCC(N2CCOCC2)C1.I. The fourth-order valence-corrected chi connectivity index (χ4v) is 4.94. The Hall–Kier alpha value is -0.910. The number of aromatic nitrogens is 1. The molecular weight excluding hydrogens is 519 g/mol. The number of likely N-dealkylation sites (tertiary alicyclic amines) is 2. The standard InChI is InChI=1S/C23H40N6O2.HI/c1-4-24-23(29-10-7-21(16-29)28-11-13-30-14-12-28)25-15-20-5-8-27(9-6-20)17-22-26-18(2)19(3)31-22;/h20-21H,4-17H2,1-3H3,(H,24,25);1H. The van der Waals surface area contributed by atoms with Crippen LogP contribution in [0.25, 0.3) is 0 Å². The predicted molar refractivity (Wildman–Crippen MR) is 138 cm³/mol. The Kier molecular flexibility index (Phi) is 10.1. The van der Waals surface area contributed by atoms with Crippen LogP contribution in [-0.4, -0.2) is 97.3 Å². The first-order valence-electron chi connectivity index (χ1n) is 12.1. The van der Waals surface area contributed by atoms with Gasteiger partial charge in [0.05, 0.1) is 25.5 Å². The van der Waals surface area contributed by atoms with Crippen molar-refractivity contribution in [2.75, 3.05) is 65.6 Å². The first-order valence-corrected chi connectivity index (χ1v) is 12.1. The van der Waals surface area contributed by atoms with E-state index in [1.165, 1.54) is 19.3 Å². The molecule has 9 heteroatoms. The molecule has 0 spiro atoms. The Bertz CT molecular complexity index is 709. The molecule has 8 nitrogen and oxygen atoms in total. The summed E-state index contributed by atoms with van der Waals surface area (Å²) in [6.07, 6.45) is 3.61. The Morgan fingerprint density at radius 1 is 1.09 bits per heavy atom. The molecule has 0 radical (unpaired) electrons. The third kappa shape index (κ3) is 6.80. The van der Waals surface area contributed by atoms with Gasteiger partial charge < -0.3 is 19.4 Å². The predicted octanol–water partition coefficient (Wildman–Crippen LogP) is 2.49. The Morgan fingerprint density at radius 2 is 1.84 bits per heavy atom. The lowest BCUT2D eigenvalue weighted by molar-refractivity contribution is 0.0195. The largest absolute Gasteiger partial charge is 0.444 e. The van der Waals surface area contributed by atoms with E-state index in [0.717, 1.165) is 95.4 Å². The molecule has 1 N–H and O–H groups in total. The fourth-order valence-electron chi connectivity index (χ4n) is 4.94. The van der Waals surface area contributed by atoms with Gasteiger partial charge in [0, 0.05) is 45.3 Å². The van der Waals surface area contributed by atoms with Gasteiger partial charge in [-0.05, 0) is 59.0 Å². The number of piperidine rings is 1. The zero-order valence-corrected chi connectivity index (χ0v) is 22.3. The second kappa shape index (κ2) is 12.5. The highest BCUT2D eigenvalue weighted by Crippen LogP contribution is 2.21. The Balaban J connectivity index is 0.00000289. The number of hydrogen-bond donors (Lipinski definition) is 1. The van der Waals surface area contributed by atoms with Crippen molar-refractivity contribution in [2.24, 2.45) is 10.9 Å². The van der Waals surface area contributed by atoms with Gasteiger partial charge in [-0.1, -0.05) is 0 Å². The minimum absolute atomic E-state index is 0. The second-order valence-corrected chi connectivity index (χ2v) is 9.20. The van der Waals surface area contributed by atoms with Gasteiger partial charge in [0.15, 0.2) is 5.96 Å². The highest BCUT2D eigenvalue weighted by Gasteiger charge is 2.30. The van der Waals surface area contributed by atoms with E-state index in [9.17, 15) is 0 Å². The molecule has 4 heterocycles. The van der Waals surface area contributed by atoms with E-state index in [1.54, 1.807) is 0 Å². The molecular formula is C23H41IN6O2. The lowest BCUT2D eigenvalue weighted by Gasteiger charge is -2.32. The summed E-state index contributed by atoms with van der Waals surface area (Å²) >= 11 is 0. The normalized spacial score (nSPS) is 24.0. The van der Waals surface area contributed by atoms with E-state index in [2.05, 4.69) is 31.9 Å². The molecule has 1 aromatic rings. The van der Waals surface area contributed by atoms with E-state index < -0.39 is 0 Å². The zero-order valence-electron chi connectivity index (χ0n) is 20.0. The van der Waals surface area contributed by atoms with Gasteiger partial charge in [-0.25, -0.2) is 4.98 Å². The molecule has 3 fully saturated rings. The van der Waals surface area contributed by atoms with Crippen molar-refractivity contribution >= 4 is 29.9 Å². The van der Waals surface area contributed by atoms with E-state index >= 15 is 0 Å². The summed E-state index contributed by atoms with van der Waals surface area (Å²) in [4.78, 5) is 17.1. The van der Waals surface area contributed by atoms with Crippen LogP contribution in [0.2, 0.25) is 0 Å². The number of halogens is 1. The molecule has 3 saturated heterocycles. The van der Waals surface area contributed by atoms with Crippen LogP contribution in [-0.2, 0) is 11.3 Å². The van der Waals surface area contributed by atoms with Crippen LogP contribution in [0.4, 0.5) is 0 Å². The van der Waals surface area contributed by atoms with Crippen molar-refractivity contribution in [3.05, 3.63) is 17.3 Å². The third-order valence-corrected chi connectivity index (χ3v) is 7.00. The molecule has 0 aliphatic carbocycles. The Morgan fingerprint density at radius 3 is 2.50 bits per heavy atom. The first kappa shape index (κ1) is 25.7. The van der Waals surface area contributed by atoms with Crippen LogP contribution in [0, 0.1) is 19.8 Å². The molecule has 3 aliphatic heterocycles. The van der Waals surface area contributed by atoms with Crippen molar-refractivity contribution < 1.29 is 9.15 Å². The number of guanidine groups is 1. The van der Waals surface area contributed by atoms with E-state index in [-0.39, 0.29) is 24.0 Å². The lowest BCUT2D eigenvalue weighted by atomic mass is 9.97. The van der Waals surface area contributed by atoms with Crippen molar-refractivity contribution in [3.63, 3.8) is 0 Å². The number of nitrogens with zero attached hydrogens (tertiary/aromatic N) is 5. The number of ether oxygens (including phenoxy) is 1. The minimum atomic E-state index is 0. The first-order chi connectivity index (χ1) is 15.1. The summed E-state index contributed by atoms with van der Waals surface area (Å²) in [6, 6.07) is 0.637. The fraction of sp³-hybridized carbons (Fsp3) is 0.826. The average molecular weight is 561 g/mol. The molecule has 1 unspecified atom stereocenters. The molecule has 182 valence electrons. The molecule has 0 bridgehead atoms. The number of nitrogens with one attached hydrogen (secondary N) is 1. The van der Waals surface area contributed by atoms with Crippen molar-refractivity contribution in [3.8, 4) is 0 Å². The van der Waals surface area contributed by atoms with Crippen LogP contribution in [0.5, 0.6) is 0 Å². The van der Waals surface area contributed by atoms with Crippen molar-refractivity contribution in [1.82, 2.24) is 25.0 Å². The highest BCUT2D eigenvalue weighted by molar-refractivity contribution is 14.0. The van der Waals surface area contributed by atoms with Gasteiger partial charge in [-0.3, -0.25) is 14.8 Å². The molecule has 1 aromatic heterocycles. The summed E-state index contributed by atoms with van der Waals surface area (Å²) in [7, 11) is 0. The summed E-state index contributed by atoms with van der Waals surface area (Å²) in [6.45, 7) is 17.1. The van der Waals surface area contributed by atoms with Gasteiger partial charge in [0.2, 0.25) is 5.89 Å². The summed E-state index contributed by atoms with van der Waals surface area (Å²) < 4.78 is 11.3. The Labute approximate surface area is 210 Å². The van der Waals surface area contributed by atoms with Crippen molar-refractivity contribution in [2.45, 2.75) is 52.6 Å². The number of aryl methyl sites for hydroxylation is 2. The quantitative estimate of drug-likeness (QED) is 0.326. The molecule has 3 aliphatic rings. The van der Waals surface area contributed by atoms with E-state index in [0.29, 0.717) is 12.0 Å². The van der Waals surface area contributed by atoms with Crippen LogP contribution in [0.15, 0.2) is 9.41 Å². The number of aliphatic imine (C=N–C) groups is 1. The van der Waals surface area contributed by atoms with Gasteiger partial charge >= 0.3 is 0 Å². The van der Waals surface area contributed by atoms with Crippen molar-refractivity contribution in [1.29, 1.82) is 0 Å². The summed E-state index contributed by atoms with van der Waals surface area (Å²) in [5.41, 5.74) is 1.01.